The molecule has 14 nitrogen and oxygen atoms in total. The van der Waals surface area contributed by atoms with Crippen LogP contribution in [-0.2, 0) is 19.1 Å². The summed E-state index contributed by atoms with van der Waals surface area (Å²) in [6.07, 6.45) is 12.4. The largest absolute Gasteiger partial charge is 0.453 e. The van der Waals surface area contributed by atoms with E-state index in [2.05, 4.69) is 69.5 Å². The number of likely N-dealkylation sites (tertiary alicyclic amines) is 2. The highest BCUT2D eigenvalue weighted by Crippen LogP contribution is 2.36. The molecule has 0 radical (unpaired) electrons. The molecule has 1 aromatic heterocycles. The van der Waals surface area contributed by atoms with Gasteiger partial charge >= 0.3 is 12.2 Å². The molecule has 4 N–H and O–H groups in total. The topological polar surface area (TPSA) is 170 Å². The van der Waals surface area contributed by atoms with Crippen LogP contribution in [0.2, 0.25) is 0 Å². The Balaban J connectivity index is 0.891. The zero-order valence-corrected chi connectivity index (χ0v) is 36.0. The van der Waals surface area contributed by atoms with Crippen LogP contribution >= 0.6 is 0 Å². The molecule has 5 aliphatic rings. The van der Waals surface area contributed by atoms with Gasteiger partial charge in [0.05, 0.1) is 43.0 Å². The number of hydrogen-bond acceptors (Lipinski definition) is 9. The van der Waals surface area contributed by atoms with Gasteiger partial charge in [0.1, 0.15) is 24.1 Å². The molecule has 9 rings (SSSR count). The number of nitrogens with zero attached hydrogens (tertiary/aromatic N) is 4. The molecule has 0 bridgehead atoms. The van der Waals surface area contributed by atoms with Crippen LogP contribution in [0.4, 0.5) is 9.59 Å². The van der Waals surface area contributed by atoms with E-state index in [9.17, 15) is 19.2 Å². The molecular formula is C48H60N8O6. The number of aromatic amines is 1. The van der Waals surface area contributed by atoms with E-state index in [0.717, 1.165) is 134 Å². The Bertz CT molecular complexity index is 2330. The number of aliphatic imine (C=N–C) groups is 1. The standard InChI is InChI=1S/C48H60N8O6/c1-61-47(59)53-41(29-11-5-3-6-12-29)45(57)55-23-9-15-39(55)43-49-28-38(52-43)35-20-19-31-25-32(17-18-33(31)26-35)34-21-22-36-37(27-34)51-44(50-36)40-16-10-24-56(40)46(58)42(54-48(60)62-2)30-13-7-4-8-14-30/h17-22,25-27,29-30,39-43,49H,3-16,23-24,28H2,1-2H3,(H,50,51)(H,53,59)(H,54,60). The highest BCUT2D eigenvalue weighted by Gasteiger charge is 2.43. The van der Waals surface area contributed by atoms with E-state index >= 15 is 0 Å². The lowest BCUT2D eigenvalue weighted by molar-refractivity contribution is -0.137. The number of methoxy groups -OCH3 is 2. The molecule has 3 aliphatic heterocycles. The number of ether oxygens (including phenoxy) is 2. The van der Waals surface area contributed by atoms with Crippen molar-refractivity contribution in [3.05, 3.63) is 66.0 Å². The van der Waals surface area contributed by atoms with Crippen LogP contribution in [0.5, 0.6) is 0 Å². The van der Waals surface area contributed by atoms with Gasteiger partial charge in [-0.2, -0.15) is 0 Å². The lowest BCUT2D eigenvalue weighted by Crippen LogP contribution is -2.56. The fourth-order valence-corrected chi connectivity index (χ4v) is 11.0. The van der Waals surface area contributed by atoms with Gasteiger partial charge < -0.3 is 34.9 Å². The Morgan fingerprint density at radius 3 is 1.89 bits per heavy atom. The maximum Gasteiger partial charge on any atom is 0.407 e. The second-order valence-corrected chi connectivity index (χ2v) is 18.0. The van der Waals surface area contributed by atoms with Gasteiger partial charge in [0.2, 0.25) is 11.8 Å². The second kappa shape index (κ2) is 18.5. The average molecular weight is 845 g/mol. The van der Waals surface area contributed by atoms with Crippen molar-refractivity contribution in [2.24, 2.45) is 16.8 Å². The summed E-state index contributed by atoms with van der Waals surface area (Å²) in [5, 5.41) is 11.6. The molecular weight excluding hydrogens is 785 g/mol. The molecule has 2 saturated carbocycles. The maximum atomic E-state index is 14.1. The van der Waals surface area contributed by atoms with Crippen LogP contribution in [-0.4, -0.2) is 108 Å². The number of benzene rings is 3. The van der Waals surface area contributed by atoms with Crippen LogP contribution in [0.25, 0.3) is 32.9 Å². The zero-order valence-electron chi connectivity index (χ0n) is 36.0. The van der Waals surface area contributed by atoms with Gasteiger partial charge in [-0.05, 0) is 115 Å². The molecule has 4 fully saturated rings. The van der Waals surface area contributed by atoms with Crippen LogP contribution in [0.3, 0.4) is 0 Å². The fourth-order valence-electron chi connectivity index (χ4n) is 11.0. The monoisotopic (exact) mass is 844 g/mol. The Morgan fingerprint density at radius 2 is 1.23 bits per heavy atom. The quantitative estimate of drug-likeness (QED) is 0.128. The molecule has 5 atom stereocenters. The third-order valence-corrected chi connectivity index (χ3v) is 14.3. The molecule has 4 amide bonds. The van der Waals surface area contributed by atoms with Gasteiger partial charge in [-0.3, -0.25) is 19.9 Å². The van der Waals surface area contributed by atoms with Crippen molar-refractivity contribution in [1.29, 1.82) is 0 Å². The van der Waals surface area contributed by atoms with Crippen molar-refractivity contribution in [2.75, 3.05) is 33.9 Å². The molecule has 3 aromatic carbocycles. The molecule has 4 aromatic rings. The highest BCUT2D eigenvalue weighted by atomic mass is 16.5. The molecule has 2 saturated heterocycles. The molecule has 328 valence electrons. The maximum absolute atomic E-state index is 14.1. The number of carbonyl (C=O) groups is 4. The van der Waals surface area contributed by atoms with Crippen molar-refractivity contribution >= 4 is 51.5 Å². The van der Waals surface area contributed by atoms with Gasteiger partial charge in [-0.25, -0.2) is 14.6 Å². The normalized spacial score (nSPS) is 23.3. The van der Waals surface area contributed by atoms with E-state index < -0.39 is 24.3 Å². The van der Waals surface area contributed by atoms with Crippen molar-refractivity contribution in [2.45, 2.75) is 120 Å². The molecule has 2 aliphatic carbocycles. The van der Waals surface area contributed by atoms with Crippen molar-refractivity contribution < 1.29 is 28.7 Å². The number of imidazole rings is 1. The number of hydrogen-bond donors (Lipinski definition) is 4. The number of rotatable bonds is 10. The number of fused-ring (bicyclic) bond motifs is 2. The van der Waals surface area contributed by atoms with Crippen molar-refractivity contribution in [3.8, 4) is 11.1 Å². The van der Waals surface area contributed by atoms with Gasteiger partial charge in [0.25, 0.3) is 0 Å². The first-order valence-electron chi connectivity index (χ1n) is 22.9. The van der Waals surface area contributed by atoms with E-state index in [1.54, 1.807) is 0 Å². The molecule has 14 heteroatoms. The fraction of sp³-hybridized carbons (Fsp3) is 0.542. The molecule has 4 heterocycles. The minimum absolute atomic E-state index is 0.0228. The third-order valence-electron chi connectivity index (χ3n) is 14.3. The minimum Gasteiger partial charge on any atom is -0.453 e. The number of carbonyl (C=O) groups excluding carboxylic acids is 4. The number of amides is 4. The van der Waals surface area contributed by atoms with Crippen molar-refractivity contribution in [1.82, 2.24) is 35.7 Å². The van der Waals surface area contributed by atoms with Crippen LogP contribution in [0, 0.1) is 11.8 Å². The number of H-pyrrole nitrogens is 1. The van der Waals surface area contributed by atoms with Crippen LogP contribution in [0.15, 0.2) is 59.6 Å². The summed E-state index contributed by atoms with van der Waals surface area (Å²) in [4.78, 5) is 70.5. The molecule has 5 unspecified atom stereocenters. The second-order valence-electron chi connectivity index (χ2n) is 18.0. The first-order valence-corrected chi connectivity index (χ1v) is 22.9. The Labute approximate surface area is 363 Å². The smallest absolute Gasteiger partial charge is 0.407 e. The van der Waals surface area contributed by atoms with Crippen LogP contribution in [0.1, 0.15) is 107 Å². The summed E-state index contributed by atoms with van der Waals surface area (Å²) in [6.45, 7) is 1.90. The number of nitrogens with one attached hydrogen (secondary N) is 4. The summed E-state index contributed by atoms with van der Waals surface area (Å²) >= 11 is 0. The summed E-state index contributed by atoms with van der Waals surface area (Å²) in [5.74, 6) is 0.905. The summed E-state index contributed by atoms with van der Waals surface area (Å²) < 4.78 is 9.85. The van der Waals surface area contributed by atoms with E-state index in [-0.39, 0.29) is 41.9 Å². The Morgan fingerprint density at radius 1 is 0.661 bits per heavy atom. The Hall–Kier alpha value is -5.50. The molecule has 62 heavy (non-hydrogen) atoms. The summed E-state index contributed by atoms with van der Waals surface area (Å²) in [6, 6.07) is 17.8. The van der Waals surface area contributed by atoms with E-state index in [1.165, 1.54) is 20.6 Å². The summed E-state index contributed by atoms with van der Waals surface area (Å²) in [7, 11) is 2.68. The zero-order chi connectivity index (χ0) is 42.7. The predicted molar refractivity (Wildman–Crippen MR) is 238 cm³/mol. The van der Waals surface area contributed by atoms with E-state index in [4.69, 9.17) is 19.5 Å². The van der Waals surface area contributed by atoms with Gasteiger partial charge in [-0.15, -0.1) is 0 Å². The van der Waals surface area contributed by atoms with Crippen molar-refractivity contribution in [3.63, 3.8) is 0 Å². The lowest BCUT2D eigenvalue weighted by atomic mass is 9.83. The SMILES string of the molecule is COC(=O)NC(C(=O)N1CCCC1c1nc2ccc(-c3ccc4cc(C5=NC(C6CCCN6C(=O)C(NC(=O)OC)C6CCCCC6)NC5)ccc4c3)cc2[nH]1)C1CCCCC1. The minimum atomic E-state index is -0.605. The van der Waals surface area contributed by atoms with Gasteiger partial charge in [0, 0.05) is 19.6 Å². The lowest BCUT2D eigenvalue weighted by Gasteiger charge is -2.35. The van der Waals surface area contributed by atoms with Crippen LogP contribution < -0.4 is 16.0 Å². The number of aromatic nitrogens is 2. The first-order chi connectivity index (χ1) is 30.3. The Kier molecular flexibility index (Phi) is 12.5. The van der Waals surface area contributed by atoms with Gasteiger partial charge in [0.15, 0.2) is 0 Å². The first kappa shape index (κ1) is 41.8. The van der Waals surface area contributed by atoms with E-state index in [0.29, 0.717) is 19.6 Å². The summed E-state index contributed by atoms with van der Waals surface area (Å²) in [5.41, 5.74) is 5.94. The molecule has 0 spiro atoms. The van der Waals surface area contributed by atoms with Gasteiger partial charge in [-0.1, -0.05) is 68.9 Å². The third kappa shape index (κ3) is 8.62. The highest BCUT2D eigenvalue weighted by molar-refractivity contribution is 6.06. The predicted octanol–water partition coefficient (Wildman–Crippen LogP) is 7.37. The number of alkyl carbamates (subject to hydrolysis) is 2. The van der Waals surface area contributed by atoms with E-state index in [1.807, 2.05) is 15.9 Å². The average Bonchev–Trinajstić information content (AvgIpc) is 4.16.